The van der Waals surface area contributed by atoms with Gasteiger partial charge in [0.2, 0.25) is 5.91 Å². The summed E-state index contributed by atoms with van der Waals surface area (Å²) < 4.78 is 35.8. The maximum absolute atomic E-state index is 11.9. The number of nitrogens with one attached hydrogen (secondary N) is 1. The van der Waals surface area contributed by atoms with Crippen molar-refractivity contribution in [3.8, 4) is 0 Å². The number of carbonyl (C=O) groups is 1. The van der Waals surface area contributed by atoms with Crippen molar-refractivity contribution >= 4 is 5.91 Å². The molecule has 1 N–H and O–H groups in total. The van der Waals surface area contributed by atoms with E-state index in [9.17, 15) is 18.0 Å². The molecule has 6 heteroatoms. The summed E-state index contributed by atoms with van der Waals surface area (Å²) in [6, 6.07) is 10.0. The summed E-state index contributed by atoms with van der Waals surface area (Å²) in [7, 11) is 1.61. The Morgan fingerprint density at radius 1 is 1.19 bits per heavy atom. The summed E-state index contributed by atoms with van der Waals surface area (Å²) in [5.74, 6) is -0.320. The fourth-order valence-corrected chi connectivity index (χ4v) is 1.89. The molecule has 0 aliphatic rings. The highest BCUT2D eigenvalue weighted by molar-refractivity contribution is 5.77. The number of rotatable bonds is 8. The van der Waals surface area contributed by atoms with Gasteiger partial charge in [-0.3, -0.25) is 4.79 Å². The van der Waals surface area contributed by atoms with Gasteiger partial charge < -0.3 is 10.2 Å². The summed E-state index contributed by atoms with van der Waals surface area (Å²) in [4.78, 5) is 13.1. The number of hydrogen-bond acceptors (Lipinski definition) is 2. The summed E-state index contributed by atoms with van der Waals surface area (Å²) in [6.45, 7) is -0.866. The van der Waals surface area contributed by atoms with Gasteiger partial charge in [-0.1, -0.05) is 30.3 Å². The lowest BCUT2D eigenvalue weighted by molar-refractivity contribution is -0.133. The van der Waals surface area contributed by atoms with Crippen LogP contribution in [-0.2, 0) is 11.2 Å². The van der Waals surface area contributed by atoms with Crippen molar-refractivity contribution in [2.45, 2.75) is 25.4 Å². The third kappa shape index (κ3) is 8.34. The number of carbonyl (C=O) groups excluding carboxylic acids is 1. The molecule has 0 saturated carbocycles. The van der Waals surface area contributed by atoms with Gasteiger partial charge in [0.1, 0.15) is 0 Å². The molecule has 3 nitrogen and oxygen atoms in total. The van der Waals surface area contributed by atoms with Crippen LogP contribution >= 0.6 is 0 Å². The zero-order valence-electron chi connectivity index (χ0n) is 12.1. The van der Waals surface area contributed by atoms with Gasteiger partial charge in [0.05, 0.1) is 13.1 Å². The average Bonchev–Trinajstić information content (AvgIpc) is 2.43. The van der Waals surface area contributed by atoms with Crippen LogP contribution in [0.1, 0.15) is 18.4 Å². The Morgan fingerprint density at radius 2 is 1.86 bits per heavy atom. The molecule has 118 valence electrons. The van der Waals surface area contributed by atoms with E-state index in [1.165, 1.54) is 10.5 Å². The highest BCUT2D eigenvalue weighted by atomic mass is 19.4. The summed E-state index contributed by atoms with van der Waals surface area (Å²) >= 11 is 0. The number of unbranched alkanes of at least 4 members (excludes halogenated alkanes) is 1. The number of aryl methyl sites for hydroxylation is 1. The third-order valence-electron chi connectivity index (χ3n) is 3.08. The zero-order chi connectivity index (χ0) is 15.7. The molecule has 1 amide bonds. The first-order valence-electron chi connectivity index (χ1n) is 6.94. The van der Waals surface area contributed by atoms with Crippen molar-refractivity contribution in [3.05, 3.63) is 35.9 Å². The van der Waals surface area contributed by atoms with Crippen LogP contribution < -0.4 is 5.32 Å². The van der Waals surface area contributed by atoms with Crippen LogP contribution in [0.5, 0.6) is 0 Å². The lowest BCUT2D eigenvalue weighted by Gasteiger charge is -2.17. The SMILES string of the molecule is CN(CCCCc1ccccc1)C(=O)CNCC(F)(F)F. The minimum absolute atomic E-state index is 0.283. The predicted molar refractivity (Wildman–Crippen MR) is 75.9 cm³/mol. The Bertz CT molecular complexity index is 421. The van der Waals surface area contributed by atoms with Gasteiger partial charge in [0.25, 0.3) is 0 Å². The molecule has 0 heterocycles. The van der Waals surface area contributed by atoms with E-state index in [2.05, 4.69) is 17.4 Å². The minimum Gasteiger partial charge on any atom is -0.345 e. The quantitative estimate of drug-likeness (QED) is 0.749. The molecule has 0 radical (unpaired) electrons. The number of amides is 1. The Balaban J connectivity index is 2.12. The van der Waals surface area contributed by atoms with E-state index < -0.39 is 12.7 Å². The summed E-state index contributed by atoms with van der Waals surface area (Å²) in [5, 5.41) is 2.11. The molecule has 21 heavy (non-hydrogen) atoms. The second kappa shape index (κ2) is 8.67. The van der Waals surface area contributed by atoms with Gasteiger partial charge in [-0.2, -0.15) is 13.2 Å². The Kier molecular flexibility index (Phi) is 7.22. The van der Waals surface area contributed by atoms with Crippen LogP contribution in [0.2, 0.25) is 0 Å². The largest absolute Gasteiger partial charge is 0.401 e. The first-order chi connectivity index (χ1) is 9.88. The van der Waals surface area contributed by atoms with E-state index in [4.69, 9.17) is 0 Å². The van der Waals surface area contributed by atoms with Crippen molar-refractivity contribution in [1.82, 2.24) is 10.2 Å². The molecule has 0 atom stereocenters. The number of hydrogen-bond donors (Lipinski definition) is 1. The second-order valence-corrected chi connectivity index (χ2v) is 4.98. The molecule has 0 saturated heterocycles. The van der Waals surface area contributed by atoms with Crippen molar-refractivity contribution in [3.63, 3.8) is 0 Å². The molecule has 0 spiro atoms. The standard InChI is InChI=1S/C15H21F3N2O/c1-20(14(21)11-19-12-15(16,17)18)10-6-5-9-13-7-3-2-4-8-13/h2-4,7-8,19H,5-6,9-12H2,1H3. The van der Waals surface area contributed by atoms with Crippen LogP contribution in [-0.4, -0.2) is 43.7 Å². The Labute approximate surface area is 123 Å². The number of benzene rings is 1. The van der Waals surface area contributed by atoms with Crippen LogP contribution in [0.3, 0.4) is 0 Å². The Morgan fingerprint density at radius 3 is 2.48 bits per heavy atom. The predicted octanol–water partition coefficient (Wildman–Crippen LogP) is 2.62. The third-order valence-corrected chi connectivity index (χ3v) is 3.08. The van der Waals surface area contributed by atoms with E-state index in [-0.39, 0.29) is 12.5 Å². The van der Waals surface area contributed by atoms with Crippen molar-refractivity contribution in [2.75, 3.05) is 26.7 Å². The molecule has 0 aliphatic heterocycles. The molecule has 1 aromatic rings. The first-order valence-corrected chi connectivity index (χ1v) is 6.94. The van der Waals surface area contributed by atoms with Gasteiger partial charge in [-0.05, 0) is 24.8 Å². The van der Waals surface area contributed by atoms with E-state index in [1.807, 2.05) is 18.2 Å². The maximum atomic E-state index is 11.9. The zero-order valence-corrected chi connectivity index (χ0v) is 12.1. The number of halogens is 3. The molecular weight excluding hydrogens is 281 g/mol. The van der Waals surface area contributed by atoms with Crippen LogP contribution in [0, 0.1) is 0 Å². The number of nitrogens with zero attached hydrogens (tertiary/aromatic N) is 1. The average molecular weight is 302 g/mol. The topological polar surface area (TPSA) is 32.3 Å². The molecule has 1 rings (SSSR count). The molecule has 0 unspecified atom stereocenters. The van der Waals surface area contributed by atoms with Crippen molar-refractivity contribution in [2.24, 2.45) is 0 Å². The van der Waals surface area contributed by atoms with E-state index in [1.54, 1.807) is 7.05 Å². The van der Waals surface area contributed by atoms with E-state index in [0.717, 1.165) is 19.3 Å². The lowest BCUT2D eigenvalue weighted by Crippen LogP contribution is -2.39. The van der Waals surface area contributed by atoms with Crippen LogP contribution in [0.15, 0.2) is 30.3 Å². The number of alkyl halides is 3. The minimum atomic E-state index is -4.28. The van der Waals surface area contributed by atoms with Gasteiger partial charge in [0.15, 0.2) is 0 Å². The lowest BCUT2D eigenvalue weighted by atomic mass is 10.1. The van der Waals surface area contributed by atoms with Gasteiger partial charge in [-0.15, -0.1) is 0 Å². The van der Waals surface area contributed by atoms with Gasteiger partial charge >= 0.3 is 6.18 Å². The monoisotopic (exact) mass is 302 g/mol. The van der Waals surface area contributed by atoms with E-state index in [0.29, 0.717) is 6.54 Å². The molecule has 0 bridgehead atoms. The van der Waals surface area contributed by atoms with Crippen molar-refractivity contribution < 1.29 is 18.0 Å². The van der Waals surface area contributed by atoms with Gasteiger partial charge in [-0.25, -0.2) is 0 Å². The smallest absolute Gasteiger partial charge is 0.345 e. The fourth-order valence-electron chi connectivity index (χ4n) is 1.89. The van der Waals surface area contributed by atoms with E-state index >= 15 is 0 Å². The maximum Gasteiger partial charge on any atom is 0.401 e. The molecular formula is C15H21F3N2O. The molecule has 1 aromatic carbocycles. The number of likely N-dealkylation sites (N-methyl/N-ethyl adjacent to an activating group) is 1. The van der Waals surface area contributed by atoms with Gasteiger partial charge in [0, 0.05) is 13.6 Å². The highest BCUT2D eigenvalue weighted by Crippen LogP contribution is 2.12. The summed E-state index contributed by atoms with van der Waals surface area (Å²) in [5.41, 5.74) is 1.25. The second-order valence-electron chi connectivity index (χ2n) is 4.98. The van der Waals surface area contributed by atoms with Crippen LogP contribution in [0.25, 0.3) is 0 Å². The summed E-state index contributed by atoms with van der Waals surface area (Å²) in [6.07, 6.45) is -1.57. The fraction of sp³-hybridized carbons (Fsp3) is 0.533. The molecule has 0 aromatic heterocycles. The molecule has 0 aliphatic carbocycles. The highest BCUT2D eigenvalue weighted by Gasteiger charge is 2.26. The van der Waals surface area contributed by atoms with Crippen molar-refractivity contribution in [1.29, 1.82) is 0 Å². The Hall–Kier alpha value is -1.56. The van der Waals surface area contributed by atoms with Crippen LogP contribution in [0.4, 0.5) is 13.2 Å². The molecule has 0 fully saturated rings. The first kappa shape index (κ1) is 17.5. The normalized spacial score (nSPS) is 11.4.